The van der Waals surface area contributed by atoms with Gasteiger partial charge in [0.05, 0.1) is 6.61 Å². The van der Waals surface area contributed by atoms with Crippen LogP contribution in [0.3, 0.4) is 0 Å². The predicted octanol–water partition coefficient (Wildman–Crippen LogP) is 16.5. The smallest absolute Gasteiger partial charge is 0.219 e. The second kappa shape index (κ2) is 45.5. The van der Waals surface area contributed by atoms with Crippen LogP contribution in [0.1, 0.15) is 303 Å². The van der Waals surface area contributed by atoms with Crippen molar-refractivity contribution in [3.8, 4) is 0 Å². The van der Waals surface area contributed by atoms with Crippen molar-refractivity contribution < 1.29 is 29.7 Å². The molecule has 0 aliphatic carbocycles. The molecule has 6 heteroatoms. The molecule has 0 aromatic heterocycles. The molecule has 0 saturated carbocycles. The Kier molecular flexibility index (Phi) is 44.3. The van der Waals surface area contributed by atoms with E-state index < -0.39 is 35.2 Å². The maximum absolute atomic E-state index is 13.8. The predicted molar refractivity (Wildman–Crippen MR) is 270 cm³/mol. The van der Waals surface area contributed by atoms with Crippen LogP contribution in [0.2, 0.25) is 0 Å². The molecule has 6 nitrogen and oxygen atoms in total. The molecule has 0 aliphatic heterocycles. The first kappa shape index (κ1) is 61.4. The van der Waals surface area contributed by atoms with Crippen LogP contribution < -0.4 is 0 Å². The molecule has 0 bridgehead atoms. The molecule has 63 heavy (non-hydrogen) atoms. The second-order valence-electron chi connectivity index (χ2n) is 19.4. The van der Waals surface area contributed by atoms with Gasteiger partial charge in [-0.05, 0) is 70.6 Å². The van der Waals surface area contributed by atoms with Crippen molar-refractivity contribution in [3.05, 3.63) is 24.3 Å². The molecule has 0 aromatic carbocycles. The van der Waals surface area contributed by atoms with E-state index in [-0.39, 0.29) is 19.3 Å². The van der Waals surface area contributed by atoms with E-state index in [9.17, 15) is 29.7 Å². The Morgan fingerprint density at radius 3 is 0.762 bits per heavy atom. The molecular weight excluding hydrogens is 781 g/mol. The molecule has 0 saturated heterocycles. The number of unbranched alkanes of at least 4 members (excludes halogenated alkanes) is 36. The van der Waals surface area contributed by atoms with Gasteiger partial charge >= 0.3 is 0 Å². The summed E-state index contributed by atoms with van der Waals surface area (Å²) < 4.78 is 0. The molecule has 2 unspecified atom stereocenters. The molecule has 0 aliphatic rings. The van der Waals surface area contributed by atoms with Crippen molar-refractivity contribution in [2.45, 2.75) is 314 Å². The van der Waals surface area contributed by atoms with Crippen LogP contribution in [0.5, 0.6) is 0 Å². The summed E-state index contributed by atoms with van der Waals surface area (Å²) in [5, 5.41) is 34.1. The van der Waals surface area contributed by atoms with Crippen molar-refractivity contribution in [1.29, 1.82) is 0 Å². The number of hydrogen-bond acceptors (Lipinski definition) is 6. The zero-order valence-electron chi connectivity index (χ0n) is 42.2. The summed E-state index contributed by atoms with van der Waals surface area (Å²) in [4.78, 5) is 41.3. The fourth-order valence-corrected chi connectivity index (χ4v) is 8.96. The largest absolute Gasteiger partial charge is 0.393 e. The zero-order chi connectivity index (χ0) is 46.4. The SMILES string of the molecule is CCCCCCCC/C=C\CCCCCCCC(=O)C(O)(CO)C(O)(C(=O)CCCCCCC/C=C\CCCCCCCC)C(=O)CCCCCCCCCCCCCCCCC. The molecular formula is C57H106O6. The lowest BCUT2D eigenvalue weighted by Crippen LogP contribution is -2.69. The quantitative estimate of drug-likeness (QED) is 0.0319. The Balaban J connectivity index is 4.94. The number of allylic oxidation sites excluding steroid dienone is 4. The lowest BCUT2D eigenvalue weighted by Gasteiger charge is -2.39. The van der Waals surface area contributed by atoms with Gasteiger partial charge in [-0.2, -0.15) is 0 Å². The zero-order valence-corrected chi connectivity index (χ0v) is 42.2. The molecule has 3 N–H and O–H groups in total. The number of hydrogen-bond donors (Lipinski definition) is 3. The van der Waals surface area contributed by atoms with Crippen LogP contribution in [0.4, 0.5) is 0 Å². The van der Waals surface area contributed by atoms with Gasteiger partial charge in [-0.1, -0.05) is 238 Å². The minimum atomic E-state index is -2.93. The average Bonchev–Trinajstić information content (AvgIpc) is 3.29. The standard InChI is InChI=1S/C57H106O6/c1-4-7-10-13-16-19-22-25-28-31-34-37-40-43-46-49-53(59)56(62,52-58)57(63,54(60)50-47-44-41-38-35-32-29-26-23-20-17-14-11-8-5-2)55(61)51-48-45-42-39-36-33-30-27-24-21-18-15-12-9-6-3/h25-26,28-29,58,62-63H,4-24,27,30-52H2,1-3H3/b28-25-,29-26-. The van der Waals surface area contributed by atoms with E-state index in [2.05, 4.69) is 45.1 Å². The highest BCUT2D eigenvalue weighted by Crippen LogP contribution is 2.32. The van der Waals surface area contributed by atoms with Crippen molar-refractivity contribution >= 4 is 17.3 Å². The fraction of sp³-hybridized carbons (Fsp3) is 0.877. The lowest BCUT2D eigenvalue weighted by molar-refractivity contribution is -0.194. The average molecular weight is 887 g/mol. The molecule has 370 valence electrons. The number of aliphatic hydroxyl groups excluding tert-OH is 1. The lowest BCUT2D eigenvalue weighted by atomic mass is 9.71. The third-order valence-electron chi connectivity index (χ3n) is 13.4. The molecule has 0 aromatic rings. The summed E-state index contributed by atoms with van der Waals surface area (Å²) in [5.74, 6) is -2.47. The van der Waals surface area contributed by atoms with E-state index >= 15 is 0 Å². The van der Waals surface area contributed by atoms with E-state index in [0.29, 0.717) is 19.3 Å². The summed E-state index contributed by atoms with van der Waals surface area (Å²) in [6, 6.07) is 0. The van der Waals surface area contributed by atoms with Crippen molar-refractivity contribution in [2.75, 3.05) is 6.61 Å². The molecule has 0 radical (unpaired) electrons. The van der Waals surface area contributed by atoms with Gasteiger partial charge in [-0.15, -0.1) is 0 Å². The Morgan fingerprint density at radius 2 is 0.524 bits per heavy atom. The summed E-state index contributed by atoms with van der Waals surface area (Å²) >= 11 is 0. The second-order valence-corrected chi connectivity index (χ2v) is 19.4. The summed E-state index contributed by atoms with van der Waals surface area (Å²) in [6.45, 7) is 5.59. The van der Waals surface area contributed by atoms with Crippen molar-refractivity contribution in [1.82, 2.24) is 0 Å². The third kappa shape index (κ3) is 32.7. The van der Waals surface area contributed by atoms with E-state index in [0.717, 1.165) is 103 Å². The molecule has 2 atom stereocenters. The number of aliphatic hydroxyl groups is 3. The molecule has 0 spiro atoms. The highest BCUT2D eigenvalue weighted by molar-refractivity contribution is 6.16. The molecule has 0 rings (SSSR count). The summed E-state index contributed by atoms with van der Waals surface area (Å²) in [6.07, 6.45) is 55.3. The van der Waals surface area contributed by atoms with Crippen LogP contribution in [0.15, 0.2) is 24.3 Å². The Labute approximate surface area is 391 Å². The van der Waals surface area contributed by atoms with E-state index in [1.807, 2.05) is 0 Å². The number of carbonyl (C=O) groups is 3. The fourth-order valence-electron chi connectivity index (χ4n) is 8.96. The van der Waals surface area contributed by atoms with Crippen LogP contribution in [-0.4, -0.2) is 50.5 Å². The first-order chi connectivity index (χ1) is 30.8. The Hall–Kier alpha value is -1.63. The van der Waals surface area contributed by atoms with Crippen LogP contribution in [0, 0.1) is 0 Å². The van der Waals surface area contributed by atoms with Crippen LogP contribution in [-0.2, 0) is 14.4 Å². The number of ketones is 3. The Morgan fingerprint density at radius 1 is 0.317 bits per heavy atom. The highest BCUT2D eigenvalue weighted by Gasteiger charge is 2.62. The molecule has 0 fully saturated rings. The van der Waals surface area contributed by atoms with E-state index in [1.54, 1.807) is 0 Å². The summed E-state index contributed by atoms with van der Waals surface area (Å²) in [5.41, 5.74) is -5.77. The maximum Gasteiger partial charge on any atom is 0.219 e. The van der Waals surface area contributed by atoms with Crippen LogP contribution in [0.25, 0.3) is 0 Å². The number of Topliss-reactive ketones (excluding diaryl/α,β-unsaturated/α-hetero) is 3. The van der Waals surface area contributed by atoms with E-state index in [1.165, 1.54) is 141 Å². The first-order valence-corrected chi connectivity index (χ1v) is 27.7. The minimum absolute atomic E-state index is 0.0928. The van der Waals surface area contributed by atoms with Gasteiger partial charge in [0.25, 0.3) is 0 Å². The summed E-state index contributed by atoms with van der Waals surface area (Å²) in [7, 11) is 0. The molecule has 0 heterocycles. The third-order valence-corrected chi connectivity index (χ3v) is 13.4. The van der Waals surface area contributed by atoms with Gasteiger partial charge in [0.15, 0.2) is 23.0 Å². The minimum Gasteiger partial charge on any atom is -0.393 e. The van der Waals surface area contributed by atoms with Gasteiger partial charge in [-0.25, -0.2) is 0 Å². The number of carbonyl (C=O) groups excluding carboxylic acids is 3. The number of rotatable bonds is 51. The Bertz CT molecular complexity index is 1100. The van der Waals surface area contributed by atoms with E-state index in [4.69, 9.17) is 0 Å². The molecule has 0 amide bonds. The topological polar surface area (TPSA) is 112 Å². The van der Waals surface area contributed by atoms with Crippen molar-refractivity contribution in [2.24, 2.45) is 0 Å². The van der Waals surface area contributed by atoms with Gasteiger partial charge < -0.3 is 15.3 Å². The van der Waals surface area contributed by atoms with Gasteiger partial charge in [0.1, 0.15) is 0 Å². The van der Waals surface area contributed by atoms with Gasteiger partial charge in [-0.3, -0.25) is 14.4 Å². The van der Waals surface area contributed by atoms with Crippen LogP contribution >= 0.6 is 0 Å². The maximum atomic E-state index is 13.8. The van der Waals surface area contributed by atoms with Gasteiger partial charge in [0.2, 0.25) is 5.60 Å². The normalized spacial score (nSPS) is 13.9. The van der Waals surface area contributed by atoms with Crippen molar-refractivity contribution in [3.63, 3.8) is 0 Å². The highest BCUT2D eigenvalue weighted by atomic mass is 16.4. The monoisotopic (exact) mass is 887 g/mol. The van der Waals surface area contributed by atoms with Gasteiger partial charge in [0, 0.05) is 19.3 Å². The first-order valence-electron chi connectivity index (χ1n) is 27.7.